The SMILES string of the molecule is COc1ccc(N2CCCC(C)C2)c(N)c1. The molecule has 3 heteroatoms. The number of ether oxygens (including phenoxy) is 1. The number of methoxy groups -OCH3 is 1. The topological polar surface area (TPSA) is 38.5 Å². The van der Waals surface area contributed by atoms with Gasteiger partial charge in [0.25, 0.3) is 0 Å². The van der Waals surface area contributed by atoms with Crippen LogP contribution in [0.15, 0.2) is 18.2 Å². The number of nitrogen functional groups attached to an aromatic ring is 1. The molecule has 16 heavy (non-hydrogen) atoms. The Kier molecular flexibility index (Phi) is 3.22. The van der Waals surface area contributed by atoms with Gasteiger partial charge in [0.05, 0.1) is 18.5 Å². The Balaban J connectivity index is 2.19. The van der Waals surface area contributed by atoms with Crippen LogP contribution in [0.3, 0.4) is 0 Å². The van der Waals surface area contributed by atoms with Crippen molar-refractivity contribution in [2.45, 2.75) is 19.8 Å². The number of nitrogens with zero attached hydrogens (tertiary/aromatic N) is 1. The van der Waals surface area contributed by atoms with E-state index in [1.54, 1.807) is 7.11 Å². The average Bonchev–Trinajstić information content (AvgIpc) is 2.28. The van der Waals surface area contributed by atoms with Gasteiger partial charge < -0.3 is 15.4 Å². The fourth-order valence-electron chi connectivity index (χ4n) is 2.36. The van der Waals surface area contributed by atoms with Crippen LogP contribution >= 0.6 is 0 Å². The second-order valence-corrected chi connectivity index (χ2v) is 4.62. The molecular formula is C13H20N2O. The third kappa shape index (κ3) is 2.23. The van der Waals surface area contributed by atoms with Crippen molar-refractivity contribution in [1.29, 1.82) is 0 Å². The molecule has 1 saturated heterocycles. The first kappa shape index (κ1) is 11.1. The smallest absolute Gasteiger partial charge is 0.121 e. The predicted octanol–water partition coefficient (Wildman–Crippen LogP) is 2.51. The molecule has 2 N–H and O–H groups in total. The van der Waals surface area contributed by atoms with E-state index in [0.29, 0.717) is 0 Å². The Hall–Kier alpha value is -1.38. The molecule has 1 aromatic rings. The maximum Gasteiger partial charge on any atom is 0.121 e. The normalized spacial score (nSPS) is 20.9. The standard InChI is InChI=1S/C13H20N2O/c1-10-4-3-7-15(9-10)13-6-5-11(16-2)8-12(13)14/h5-6,8,10H,3-4,7,9,14H2,1-2H3. The average molecular weight is 220 g/mol. The van der Waals surface area contributed by atoms with Crippen molar-refractivity contribution >= 4 is 11.4 Å². The highest BCUT2D eigenvalue weighted by molar-refractivity contribution is 5.69. The summed E-state index contributed by atoms with van der Waals surface area (Å²) in [6, 6.07) is 5.94. The quantitative estimate of drug-likeness (QED) is 0.778. The number of piperidine rings is 1. The van der Waals surface area contributed by atoms with Gasteiger partial charge in [0.15, 0.2) is 0 Å². The van der Waals surface area contributed by atoms with Crippen LogP contribution < -0.4 is 15.4 Å². The van der Waals surface area contributed by atoms with E-state index in [1.807, 2.05) is 12.1 Å². The van der Waals surface area contributed by atoms with Crippen molar-refractivity contribution in [2.24, 2.45) is 5.92 Å². The van der Waals surface area contributed by atoms with Crippen molar-refractivity contribution in [2.75, 3.05) is 30.8 Å². The molecule has 0 radical (unpaired) electrons. The summed E-state index contributed by atoms with van der Waals surface area (Å²) in [6.45, 7) is 4.52. The highest BCUT2D eigenvalue weighted by Gasteiger charge is 2.18. The van der Waals surface area contributed by atoms with E-state index >= 15 is 0 Å². The van der Waals surface area contributed by atoms with Gasteiger partial charge in [-0.25, -0.2) is 0 Å². The summed E-state index contributed by atoms with van der Waals surface area (Å²) in [6.07, 6.45) is 2.58. The Bertz CT molecular complexity index is 365. The molecule has 1 aromatic carbocycles. The zero-order chi connectivity index (χ0) is 11.5. The monoisotopic (exact) mass is 220 g/mol. The minimum Gasteiger partial charge on any atom is -0.497 e. The van der Waals surface area contributed by atoms with E-state index in [1.165, 1.54) is 12.8 Å². The Morgan fingerprint density at radius 1 is 1.44 bits per heavy atom. The van der Waals surface area contributed by atoms with Gasteiger partial charge in [-0.1, -0.05) is 6.92 Å². The molecule has 0 bridgehead atoms. The number of benzene rings is 1. The largest absolute Gasteiger partial charge is 0.497 e. The summed E-state index contributed by atoms with van der Waals surface area (Å²) < 4.78 is 5.16. The van der Waals surface area contributed by atoms with Gasteiger partial charge in [0.2, 0.25) is 0 Å². The van der Waals surface area contributed by atoms with Gasteiger partial charge in [0, 0.05) is 19.2 Å². The molecule has 0 aromatic heterocycles. The van der Waals surface area contributed by atoms with Gasteiger partial charge in [-0.15, -0.1) is 0 Å². The van der Waals surface area contributed by atoms with Crippen molar-refractivity contribution < 1.29 is 4.74 Å². The molecule has 0 aliphatic carbocycles. The maximum atomic E-state index is 6.05. The third-order valence-electron chi connectivity index (χ3n) is 3.23. The first-order valence-corrected chi connectivity index (χ1v) is 5.89. The van der Waals surface area contributed by atoms with Crippen LogP contribution in [0.2, 0.25) is 0 Å². The molecule has 1 heterocycles. The molecule has 1 aliphatic heterocycles. The molecule has 88 valence electrons. The summed E-state index contributed by atoms with van der Waals surface area (Å²) in [7, 11) is 1.66. The zero-order valence-corrected chi connectivity index (χ0v) is 10.1. The van der Waals surface area contributed by atoms with E-state index in [9.17, 15) is 0 Å². The lowest BCUT2D eigenvalue weighted by Crippen LogP contribution is -2.34. The molecule has 1 unspecified atom stereocenters. The zero-order valence-electron chi connectivity index (χ0n) is 10.1. The highest BCUT2D eigenvalue weighted by Crippen LogP contribution is 2.30. The minimum absolute atomic E-state index is 0.759. The van der Waals surface area contributed by atoms with Crippen LogP contribution in [0.4, 0.5) is 11.4 Å². The third-order valence-corrected chi connectivity index (χ3v) is 3.23. The molecule has 2 rings (SSSR count). The molecule has 1 aliphatic rings. The number of anilines is 2. The molecule has 0 saturated carbocycles. The predicted molar refractivity (Wildman–Crippen MR) is 68.0 cm³/mol. The molecule has 1 fully saturated rings. The van der Waals surface area contributed by atoms with Crippen LogP contribution in [0.1, 0.15) is 19.8 Å². The summed E-state index contributed by atoms with van der Waals surface area (Å²) in [5.41, 5.74) is 8.01. The van der Waals surface area contributed by atoms with E-state index in [0.717, 1.165) is 36.1 Å². The number of nitrogens with two attached hydrogens (primary N) is 1. The molecular weight excluding hydrogens is 200 g/mol. The number of hydrogen-bond acceptors (Lipinski definition) is 3. The minimum atomic E-state index is 0.759. The van der Waals surface area contributed by atoms with Gasteiger partial charge in [-0.05, 0) is 30.9 Å². The number of rotatable bonds is 2. The van der Waals surface area contributed by atoms with Crippen molar-refractivity contribution in [1.82, 2.24) is 0 Å². The van der Waals surface area contributed by atoms with E-state index < -0.39 is 0 Å². The second-order valence-electron chi connectivity index (χ2n) is 4.62. The highest BCUT2D eigenvalue weighted by atomic mass is 16.5. The fourth-order valence-corrected chi connectivity index (χ4v) is 2.36. The van der Waals surface area contributed by atoms with Gasteiger partial charge in [0.1, 0.15) is 5.75 Å². The first-order chi connectivity index (χ1) is 7.70. The lowest BCUT2D eigenvalue weighted by molar-refractivity contribution is 0.414. The van der Waals surface area contributed by atoms with Gasteiger partial charge in [-0.2, -0.15) is 0 Å². The maximum absolute atomic E-state index is 6.05. The van der Waals surface area contributed by atoms with E-state index in [-0.39, 0.29) is 0 Å². The van der Waals surface area contributed by atoms with Crippen molar-refractivity contribution in [3.05, 3.63) is 18.2 Å². The van der Waals surface area contributed by atoms with E-state index in [2.05, 4.69) is 17.9 Å². The fraction of sp³-hybridized carbons (Fsp3) is 0.538. The lowest BCUT2D eigenvalue weighted by atomic mass is 9.99. The first-order valence-electron chi connectivity index (χ1n) is 5.89. The Morgan fingerprint density at radius 2 is 2.25 bits per heavy atom. The summed E-state index contributed by atoms with van der Waals surface area (Å²) in [5.74, 6) is 1.58. The van der Waals surface area contributed by atoms with Crippen LogP contribution in [-0.4, -0.2) is 20.2 Å². The Morgan fingerprint density at radius 3 is 2.88 bits per heavy atom. The Labute approximate surface area is 97.2 Å². The molecule has 0 spiro atoms. The van der Waals surface area contributed by atoms with Crippen molar-refractivity contribution in [3.8, 4) is 5.75 Å². The van der Waals surface area contributed by atoms with Crippen LogP contribution in [0.5, 0.6) is 5.75 Å². The van der Waals surface area contributed by atoms with Crippen molar-refractivity contribution in [3.63, 3.8) is 0 Å². The van der Waals surface area contributed by atoms with Gasteiger partial charge >= 0.3 is 0 Å². The molecule has 0 amide bonds. The van der Waals surface area contributed by atoms with Gasteiger partial charge in [-0.3, -0.25) is 0 Å². The summed E-state index contributed by atoms with van der Waals surface area (Å²) >= 11 is 0. The second kappa shape index (κ2) is 4.64. The molecule has 3 nitrogen and oxygen atoms in total. The summed E-state index contributed by atoms with van der Waals surface area (Å²) in [5, 5.41) is 0. The molecule has 1 atom stereocenters. The van der Waals surface area contributed by atoms with E-state index in [4.69, 9.17) is 10.5 Å². The van der Waals surface area contributed by atoms with Crippen LogP contribution in [0.25, 0.3) is 0 Å². The number of hydrogen-bond donors (Lipinski definition) is 1. The summed E-state index contributed by atoms with van der Waals surface area (Å²) in [4.78, 5) is 2.38. The lowest BCUT2D eigenvalue weighted by Gasteiger charge is -2.33. The van der Waals surface area contributed by atoms with Crippen LogP contribution in [-0.2, 0) is 0 Å². The van der Waals surface area contributed by atoms with Crippen LogP contribution in [0, 0.1) is 5.92 Å².